The Hall–Kier alpha value is -2.89. The molecule has 1 heterocycles. The minimum absolute atomic E-state index is 0.368. The fraction of sp³-hybridized carbons (Fsp3) is 0.381. The van der Waals surface area contributed by atoms with Crippen molar-refractivity contribution >= 4 is 12.1 Å². The Kier molecular flexibility index (Phi) is 6.93. The van der Waals surface area contributed by atoms with Crippen molar-refractivity contribution in [2.45, 2.75) is 39.3 Å². The molecule has 0 radical (unpaired) electrons. The second-order valence-corrected chi connectivity index (χ2v) is 7.16. The molecule has 0 unspecified atom stereocenters. The number of esters is 1. The Bertz CT molecular complexity index is 752. The molecule has 6 heteroatoms. The van der Waals surface area contributed by atoms with Crippen molar-refractivity contribution in [1.29, 1.82) is 0 Å². The van der Waals surface area contributed by atoms with E-state index < -0.39 is 5.60 Å². The molecule has 6 nitrogen and oxygen atoms in total. The number of nitrogens with zero attached hydrogens (tertiary/aromatic N) is 2. The number of methoxy groups -OCH3 is 1. The van der Waals surface area contributed by atoms with Gasteiger partial charge < -0.3 is 14.4 Å². The summed E-state index contributed by atoms with van der Waals surface area (Å²) in [7, 11) is 1.35. The highest BCUT2D eigenvalue weighted by atomic mass is 16.6. The zero-order chi connectivity index (χ0) is 19.9. The first-order valence-corrected chi connectivity index (χ1v) is 8.83. The van der Waals surface area contributed by atoms with Crippen LogP contribution >= 0.6 is 0 Å². The Labute approximate surface area is 160 Å². The van der Waals surface area contributed by atoms with Crippen LogP contribution in [0, 0.1) is 0 Å². The normalized spacial score (nSPS) is 11.0. The summed E-state index contributed by atoms with van der Waals surface area (Å²) in [4.78, 5) is 30.0. The van der Waals surface area contributed by atoms with Gasteiger partial charge in [-0.15, -0.1) is 0 Å². The highest BCUT2D eigenvalue weighted by molar-refractivity contribution is 5.89. The van der Waals surface area contributed by atoms with E-state index in [4.69, 9.17) is 9.47 Å². The summed E-state index contributed by atoms with van der Waals surface area (Å²) in [6.45, 7) is 6.37. The molecule has 1 aromatic carbocycles. The average molecular weight is 370 g/mol. The second-order valence-electron chi connectivity index (χ2n) is 7.16. The van der Waals surface area contributed by atoms with Gasteiger partial charge in [-0.1, -0.05) is 18.2 Å². The van der Waals surface area contributed by atoms with Crippen LogP contribution in [0.25, 0.3) is 0 Å². The highest BCUT2D eigenvalue weighted by Gasteiger charge is 2.22. The lowest BCUT2D eigenvalue weighted by Crippen LogP contribution is -2.37. The zero-order valence-electron chi connectivity index (χ0n) is 16.3. The van der Waals surface area contributed by atoms with Gasteiger partial charge in [0, 0.05) is 12.7 Å². The minimum Gasteiger partial charge on any atom is -0.465 e. The molecule has 2 rings (SSSR count). The molecule has 0 aliphatic carbocycles. The van der Waals surface area contributed by atoms with Crippen molar-refractivity contribution < 1.29 is 19.1 Å². The van der Waals surface area contributed by atoms with Crippen LogP contribution in [0.1, 0.15) is 42.4 Å². The molecule has 0 atom stereocenters. The predicted octanol–water partition coefficient (Wildman–Crippen LogP) is 3.85. The number of amides is 1. The Morgan fingerprint density at radius 3 is 2.33 bits per heavy atom. The smallest absolute Gasteiger partial charge is 0.410 e. The number of rotatable bonds is 6. The third-order valence-corrected chi connectivity index (χ3v) is 3.78. The molecule has 0 fully saturated rings. The molecule has 27 heavy (non-hydrogen) atoms. The van der Waals surface area contributed by atoms with Crippen LogP contribution in [-0.2, 0) is 22.4 Å². The maximum atomic E-state index is 12.6. The van der Waals surface area contributed by atoms with Crippen LogP contribution in [-0.4, -0.2) is 41.2 Å². The lowest BCUT2D eigenvalue weighted by molar-refractivity contribution is 0.0233. The first kappa shape index (κ1) is 20.4. The van der Waals surface area contributed by atoms with Gasteiger partial charge in [-0.3, -0.25) is 4.98 Å². The van der Waals surface area contributed by atoms with Crippen molar-refractivity contribution in [3.63, 3.8) is 0 Å². The summed E-state index contributed by atoms with van der Waals surface area (Å²) in [5, 5.41) is 0. The molecule has 0 spiro atoms. The van der Waals surface area contributed by atoms with E-state index in [0.29, 0.717) is 25.1 Å². The van der Waals surface area contributed by atoms with Crippen LogP contribution in [0.2, 0.25) is 0 Å². The summed E-state index contributed by atoms with van der Waals surface area (Å²) in [6.07, 6.45) is 1.96. The third-order valence-electron chi connectivity index (χ3n) is 3.78. The summed E-state index contributed by atoms with van der Waals surface area (Å²) in [5.41, 5.74) is 1.74. The maximum Gasteiger partial charge on any atom is 0.410 e. The first-order chi connectivity index (χ1) is 12.8. The van der Waals surface area contributed by atoms with E-state index in [1.54, 1.807) is 23.2 Å². The van der Waals surface area contributed by atoms with Crippen LogP contribution in [0.15, 0.2) is 48.7 Å². The number of hydrogen-bond donors (Lipinski definition) is 0. The summed E-state index contributed by atoms with van der Waals surface area (Å²) < 4.78 is 10.2. The molecule has 0 saturated carbocycles. The summed E-state index contributed by atoms with van der Waals surface area (Å²) in [5.74, 6) is -0.368. The number of hydrogen-bond acceptors (Lipinski definition) is 5. The van der Waals surface area contributed by atoms with Gasteiger partial charge in [-0.2, -0.15) is 0 Å². The van der Waals surface area contributed by atoms with E-state index in [1.807, 2.05) is 51.1 Å². The van der Waals surface area contributed by atoms with E-state index in [2.05, 4.69) is 4.98 Å². The molecule has 0 aliphatic heterocycles. The number of benzene rings is 1. The first-order valence-electron chi connectivity index (χ1n) is 8.83. The van der Waals surface area contributed by atoms with E-state index in [9.17, 15) is 9.59 Å². The molecule has 144 valence electrons. The average Bonchev–Trinajstić information content (AvgIpc) is 2.64. The van der Waals surface area contributed by atoms with Crippen molar-refractivity contribution in [2.24, 2.45) is 0 Å². The van der Waals surface area contributed by atoms with Gasteiger partial charge in [0.15, 0.2) is 0 Å². The Morgan fingerprint density at radius 1 is 1.07 bits per heavy atom. The zero-order valence-corrected chi connectivity index (χ0v) is 16.3. The highest BCUT2D eigenvalue weighted by Crippen LogP contribution is 2.14. The molecular weight excluding hydrogens is 344 g/mol. The van der Waals surface area contributed by atoms with Gasteiger partial charge in [-0.05, 0) is 57.0 Å². The van der Waals surface area contributed by atoms with Gasteiger partial charge >= 0.3 is 12.1 Å². The number of aromatic nitrogens is 1. The topological polar surface area (TPSA) is 68.7 Å². The van der Waals surface area contributed by atoms with Crippen LogP contribution in [0.4, 0.5) is 4.79 Å². The third kappa shape index (κ3) is 6.73. The minimum atomic E-state index is -0.568. The lowest BCUT2D eigenvalue weighted by atomic mass is 10.1. The maximum absolute atomic E-state index is 12.6. The van der Waals surface area contributed by atoms with Crippen LogP contribution < -0.4 is 0 Å². The molecule has 0 N–H and O–H groups in total. The number of pyridine rings is 1. The number of ether oxygens (including phenoxy) is 2. The molecule has 2 aromatic rings. The van der Waals surface area contributed by atoms with Gasteiger partial charge in [0.05, 0.1) is 24.9 Å². The quantitative estimate of drug-likeness (QED) is 0.723. The van der Waals surface area contributed by atoms with E-state index in [0.717, 1.165) is 11.3 Å². The summed E-state index contributed by atoms with van der Waals surface area (Å²) >= 11 is 0. The van der Waals surface area contributed by atoms with Crippen molar-refractivity contribution in [1.82, 2.24) is 9.88 Å². The van der Waals surface area contributed by atoms with Crippen molar-refractivity contribution in [2.75, 3.05) is 13.7 Å². The SMILES string of the molecule is COC(=O)c1ccc(CCN(Cc2ccccn2)C(=O)OC(C)(C)C)cc1. The van der Waals surface area contributed by atoms with Gasteiger partial charge in [-0.25, -0.2) is 9.59 Å². The van der Waals surface area contributed by atoms with E-state index in [-0.39, 0.29) is 12.1 Å². The fourth-order valence-corrected chi connectivity index (χ4v) is 2.44. The van der Waals surface area contributed by atoms with Crippen molar-refractivity contribution in [3.05, 3.63) is 65.5 Å². The molecule has 0 saturated heterocycles. The lowest BCUT2D eigenvalue weighted by Gasteiger charge is -2.27. The number of carbonyl (C=O) groups is 2. The van der Waals surface area contributed by atoms with Gasteiger partial charge in [0.2, 0.25) is 0 Å². The molecular formula is C21H26N2O4. The van der Waals surface area contributed by atoms with E-state index >= 15 is 0 Å². The summed E-state index contributed by atoms with van der Waals surface area (Å²) in [6, 6.07) is 12.8. The Balaban J connectivity index is 2.06. The van der Waals surface area contributed by atoms with Crippen molar-refractivity contribution in [3.8, 4) is 0 Å². The Morgan fingerprint density at radius 2 is 1.78 bits per heavy atom. The molecule has 0 bridgehead atoms. The fourth-order valence-electron chi connectivity index (χ4n) is 2.44. The number of carbonyl (C=O) groups excluding carboxylic acids is 2. The van der Waals surface area contributed by atoms with Gasteiger partial charge in [0.1, 0.15) is 5.60 Å². The van der Waals surface area contributed by atoms with E-state index in [1.165, 1.54) is 7.11 Å². The standard InChI is InChI=1S/C21H26N2O4/c1-21(2,3)27-20(25)23(15-18-7-5-6-13-22-18)14-12-16-8-10-17(11-9-16)19(24)26-4/h5-11,13H,12,14-15H2,1-4H3. The predicted molar refractivity (Wildman–Crippen MR) is 102 cm³/mol. The largest absolute Gasteiger partial charge is 0.465 e. The monoisotopic (exact) mass is 370 g/mol. The second kappa shape index (κ2) is 9.16. The van der Waals surface area contributed by atoms with Gasteiger partial charge in [0.25, 0.3) is 0 Å². The molecule has 1 amide bonds. The molecule has 0 aliphatic rings. The van der Waals surface area contributed by atoms with Crippen LogP contribution in [0.3, 0.4) is 0 Å². The van der Waals surface area contributed by atoms with Crippen LogP contribution in [0.5, 0.6) is 0 Å². The molecule has 1 aromatic heterocycles.